The normalized spacial score (nSPS) is 9.47. The first kappa shape index (κ1) is 65.1. The Kier molecular flexibility index (Phi) is 165. The minimum absolute atomic E-state index is 0. The van der Waals surface area contributed by atoms with Gasteiger partial charge in [-0.25, -0.2) is 0 Å². The molecule has 0 saturated heterocycles. The van der Waals surface area contributed by atoms with Crippen molar-refractivity contribution in [3.05, 3.63) is 12.2 Å². The zero-order valence-electron chi connectivity index (χ0n) is 8.18. The van der Waals surface area contributed by atoms with Gasteiger partial charge in [-0.3, -0.25) is 4.79 Å². The number of carbonyl (C=O) groups excluding carboxylic acids is 1. The molecular weight excluding hydrogens is 216 g/mol. The van der Waals surface area contributed by atoms with Crippen molar-refractivity contribution in [1.29, 1.82) is 0 Å². The third-order valence-corrected chi connectivity index (χ3v) is 1.10. The summed E-state index contributed by atoms with van der Waals surface area (Å²) in [7, 11) is 0. The third kappa shape index (κ3) is 32.0. The van der Waals surface area contributed by atoms with Gasteiger partial charge in [-0.05, 0) is 6.42 Å². The molecule has 0 fully saturated rings. The van der Waals surface area contributed by atoms with Crippen molar-refractivity contribution in [2.24, 2.45) is 0 Å². The molecule has 16 N–H and O–H groups in total. The lowest BCUT2D eigenvalue weighted by Crippen LogP contribution is -1.97. The summed E-state index contributed by atoms with van der Waals surface area (Å²) in [5.41, 5.74) is 0. The van der Waals surface area contributed by atoms with Crippen LogP contribution in [0.2, 0.25) is 0 Å². The zero-order valence-corrected chi connectivity index (χ0v) is 8.18. The van der Waals surface area contributed by atoms with Gasteiger partial charge in [0.25, 0.3) is 0 Å². The fraction of sp³-hybridized carbons (Fsp3) is 0.500. The molecule has 0 heterocycles. The molecule has 9 heteroatoms. The molecular formula is C6H24O9. The largest absolute Gasteiger partial charge is 0.412 e. The minimum atomic E-state index is 0. The van der Waals surface area contributed by atoms with Crippen LogP contribution < -0.4 is 0 Å². The molecule has 0 amide bonds. The van der Waals surface area contributed by atoms with E-state index in [9.17, 15) is 4.79 Å². The predicted molar refractivity (Wildman–Crippen MR) is 56.9 cm³/mol. The molecule has 0 aromatic rings. The first-order valence-corrected chi connectivity index (χ1v) is 2.56. The van der Waals surface area contributed by atoms with E-state index < -0.39 is 0 Å². The van der Waals surface area contributed by atoms with Crippen LogP contribution in [0.4, 0.5) is 0 Å². The van der Waals surface area contributed by atoms with E-state index in [2.05, 4.69) is 6.08 Å². The number of hydrogen-bond acceptors (Lipinski definition) is 1. The molecule has 0 spiro atoms. The SMILES string of the molecule is O.O.O.O.O.O.O.O.O=C1CC=CCC1. The number of carbonyl (C=O) groups is 1. The van der Waals surface area contributed by atoms with E-state index in [1.807, 2.05) is 6.08 Å². The lowest BCUT2D eigenvalue weighted by molar-refractivity contribution is -0.118. The monoisotopic (exact) mass is 240 g/mol. The standard InChI is InChI=1S/C6H8O.8H2O/c7-6-4-2-1-3-5-6;;;;;;;;/h1-2H,3-5H2;8*1H2. The Morgan fingerprint density at radius 2 is 1.13 bits per heavy atom. The number of Topliss-reactive ketones (excluding diaryl/α,β-unsaturated/α-hetero) is 1. The van der Waals surface area contributed by atoms with Crippen LogP contribution in [0.1, 0.15) is 19.3 Å². The van der Waals surface area contributed by atoms with E-state index in [4.69, 9.17) is 0 Å². The van der Waals surface area contributed by atoms with Gasteiger partial charge in [0, 0.05) is 12.8 Å². The van der Waals surface area contributed by atoms with Crippen molar-refractivity contribution in [3.8, 4) is 0 Å². The number of rotatable bonds is 0. The van der Waals surface area contributed by atoms with Crippen LogP contribution in [0.5, 0.6) is 0 Å². The molecule has 0 unspecified atom stereocenters. The van der Waals surface area contributed by atoms with Crippen LogP contribution in [0.15, 0.2) is 12.2 Å². The van der Waals surface area contributed by atoms with Crippen molar-refractivity contribution in [2.75, 3.05) is 0 Å². The third-order valence-electron chi connectivity index (χ3n) is 1.10. The Morgan fingerprint density at radius 3 is 1.27 bits per heavy atom. The van der Waals surface area contributed by atoms with Gasteiger partial charge in [0.15, 0.2) is 0 Å². The summed E-state index contributed by atoms with van der Waals surface area (Å²) < 4.78 is 0. The molecule has 0 atom stereocenters. The lowest BCUT2D eigenvalue weighted by Gasteiger charge is -1.97. The fourth-order valence-electron chi connectivity index (χ4n) is 0.679. The van der Waals surface area contributed by atoms with Crippen molar-refractivity contribution in [1.82, 2.24) is 0 Å². The van der Waals surface area contributed by atoms with E-state index in [1.54, 1.807) is 0 Å². The second-order valence-electron chi connectivity index (χ2n) is 1.75. The lowest BCUT2D eigenvalue weighted by atomic mass is 10.1. The second-order valence-corrected chi connectivity index (χ2v) is 1.75. The first-order chi connectivity index (χ1) is 3.39. The number of hydrogen-bond donors (Lipinski definition) is 0. The van der Waals surface area contributed by atoms with Crippen LogP contribution >= 0.6 is 0 Å². The van der Waals surface area contributed by atoms with E-state index >= 15 is 0 Å². The van der Waals surface area contributed by atoms with Gasteiger partial charge in [-0.1, -0.05) is 12.2 Å². The molecule has 102 valence electrons. The maximum atomic E-state index is 10.4. The first-order valence-electron chi connectivity index (χ1n) is 2.56. The molecule has 0 radical (unpaired) electrons. The average Bonchev–Trinajstić information content (AvgIpc) is 1.69. The topological polar surface area (TPSA) is 269 Å². The smallest absolute Gasteiger partial charge is 0.136 e. The van der Waals surface area contributed by atoms with E-state index in [0.717, 1.165) is 12.8 Å². The van der Waals surface area contributed by atoms with Crippen LogP contribution in [0.25, 0.3) is 0 Å². The quantitative estimate of drug-likeness (QED) is 0.368. The summed E-state index contributed by atoms with van der Waals surface area (Å²) in [6, 6.07) is 0. The molecule has 0 saturated carbocycles. The number of allylic oxidation sites excluding steroid dienone is 2. The number of ketones is 1. The van der Waals surface area contributed by atoms with Gasteiger partial charge in [-0.15, -0.1) is 0 Å². The van der Waals surface area contributed by atoms with Gasteiger partial charge in [0.2, 0.25) is 0 Å². The van der Waals surface area contributed by atoms with Crippen molar-refractivity contribution in [2.45, 2.75) is 19.3 Å². The van der Waals surface area contributed by atoms with Gasteiger partial charge >= 0.3 is 0 Å². The van der Waals surface area contributed by atoms with Gasteiger partial charge in [0.05, 0.1) is 0 Å². The van der Waals surface area contributed by atoms with Crippen LogP contribution in [0.3, 0.4) is 0 Å². The molecule has 1 aliphatic rings. The molecule has 0 bridgehead atoms. The van der Waals surface area contributed by atoms with Gasteiger partial charge < -0.3 is 43.8 Å². The van der Waals surface area contributed by atoms with Crippen molar-refractivity contribution < 1.29 is 48.6 Å². The van der Waals surface area contributed by atoms with Crippen LogP contribution in [-0.2, 0) is 4.79 Å². The summed E-state index contributed by atoms with van der Waals surface area (Å²) >= 11 is 0. The predicted octanol–water partition coefficient (Wildman–Crippen LogP) is -5.30. The van der Waals surface area contributed by atoms with Crippen molar-refractivity contribution in [3.63, 3.8) is 0 Å². The van der Waals surface area contributed by atoms with E-state index in [-0.39, 0.29) is 43.8 Å². The molecule has 0 aromatic heterocycles. The molecule has 9 nitrogen and oxygen atoms in total. The summed E-state index contributed by atoms with van der Waals surface area (Å²) in [6.45, 7) is 0. The Morgan fingerprint density at radius 1 is 0.733 bits per heavy atom. The maximum Gasteiger partial charge on any atom is 0.136 e. The second kappa shape index (κ2) is 38.1. The molecule has 1 aliphatic carbocycles. The van der Waals surface area contributed by atoms with Gasteiger partial charge in [-0.2, -0.15) is 0 Å². The molecule has 0 aromatic carbocycles. The van der Waals surface area contributed by atoms with E-state index in [0.29, 0.717) is 12.2 Å². The Balaban J connectivity index is -0.0000000102. The molecule has 15 heavy (non-hydrogen) atoms. The molecule has 1 rings (SSSR count). The van der Waals surface area contributed by atoms with E-state index in [1.165, 1.54) is 0 Å². The maximum absolute atomic E-state index is 10.4. The molecule has 0 aliphatic heterocycles. The Bertz CT molecular complexity index is 113. The van der Waals surface area contributed by atoms with Crippen LogP contribution in [0, 0.1) is 0 Å². The highest BCUT2D eigenvalue weighted by Crippen LogP contribution is 2.03. The average molecular weight is 240 g/mol. The fourth-order valence-corrected chi connectivity index (χ4v) is 0.679. The Labute approximate surface area is 86.9 Å². The van der Waals surface area contributed by atoms with Gasteiger partial charge in [0.1, 0.15) is 5.78 Å². The summed E-state index contributed by atoms with van der Waals surface area (Å²) in [6.07, 6.45) is 6.38. The highest BCUT2D eigenvalue weighted by atomic mass is 16.1. The highest BCUT2D eigenvalue weighted by Gasteiger charge is 1.99. The van der Waals surface area contributed by atoms with Crippen LogP contribution in [-0.4, -0.2) is 49.6 Å². The minimum Gasteiger partial charge on any atom is -0.412 e. The zero-order chi connectivity index (χ0) is 5.11. The summed E-state index contributed by atoms with van der Waals surface area (Å²) in [4.78, 5) is 10.4. The van der Waals surface area contributed by atoms with Crippen molar-refractivity contribution >= 4 is 5.78 Å². The summed E-state index contributed by atoms with van der Waals surface area (Å²) in [5.74, 6) is 0.377. The Hall–Kier alpha value is -0.910. The highest BCUT2D eigenvalue weighted by molar-refractivity contribution is 5.80. The summed E-state index contributed by atoms with van der Waals surface area (Å²) in [5, 5.41) is 0.